The Hall–Kier alpha value is -1.62. The highest BCUT2D eigenvalue weighted by Gasteiger charge is 2.23. The summed E-state index contributed by atoms with van der Waals surface area (Å²) in [5.74, 6) is 1.11. The number of hydrogen-bond donors (Lipinski definition) is 1. The number of hydrogen-bond acceptors (Lipinski definition) is 4. The van der Waals surface area contributed by atoms with E-state index in [2.05, 4.69) is 44.9 Å². The quantitative estimate of drug-likeness (QED) is 0.891. The predicted molar refractivity (Wildman–Crippen MR) is 91.3 cm³/mol. The first-order valence-corrected chi connectivity index (χ1v) is 8.45. The van der Waals surface area contributed by atoms with E-state index in [0.717, 1.165) is 29.9 Å². The van der Waals surface area contributed by atoms with Crippen molar-refractivity contribution in [2.24, 2.45) is 0 Å². The number of aromatic nitrogens is 3. The summed E-state index contributed by atoms with van der Waals surface area (Å²) < 4.78 is 0. The van der Waals surface area contributed by atoms with Gasteiger partial charge in [-0.25, -0.2) is 9.97 Å². The fraction of sp³-hybridized carbons (Fsp3) is 0.647. The molecule has 1 fully saturated rings. The van der Waals surface area contributed by atoms with Crippen LogP contribution in [0, 0.1) is 0 Å². The highest BCUT2D eigenvalue weighted by Crippen LogP contribution is 2.30. The SMILES string of the molecule is CN(C)CCCN(c1ncnc2[nH]ccc12)C1CCCCC1. The van der Waals surface area contributed by atoms with Gasteiger partial charge in [-0.05, 0) is 46.0 Å². The Balaban J connectivity index is 1.84. The van der Waals surface area contributed by atoms with E-state index in [-0.39, 0.29) is 0 Å². The summed E-state index contributed by atoms with van der Waals surface area (Å²) in [7, 11) is 4.28. The van der Waals surface area contributed by atoms with Crippen LogP contribution < -0.4 is 4.90 Å². The normalized spacial score (nSPS) is 16.5. The first-order chi connectivity index (χ1) is 10.8. The standard InChI is InChI=1S/C17H27N5/c1-21(2)11-6-12-22(14-7-4-3-5-8-14)17-15-9-10-18-16(15)19-13-20-17/h9-10,13-14H,3-8,11-12H2,1-2H3,(H,18,19,20). The molecule has 1 aliphatic carbocycles. The summed E-state index contributed by atoms with van der Waals surface area (Å²) in [6.07, 6.45) is 11.5. The van der Waals surface area contributed by atoms with E-state index in [0.29, 0.717) is 6.04 Å². The number of anilines is 1. The van der Waals surface area contributed by atoms with E-state index in [4.69, 9.17) is 0 Å². The molecule has 0 radical (unpaired) electrons. The van der Waals surface area contributed by atoms with Crippen LogP contribution in [0.2, 0.25) is 0 Å². The molecule has 1 saturated carbocycles. The minimum absolute atomic E-state index is 0.629. The van der Waals surface area contributed by atoms with Crippen molar-refractivity contribution >= 4 is 16.9 Å². The molecule has 0 aliphatic heterocycles. The second-order valence-corrected chi connectivity index (χ2v) is 6.58. The average molecular weight is 301 g/mol. The third kappa shape index (κ3) is 3.40. The largest absolute Gasteiger partial charge is 0.353 e. The van der Waals surface area contributed by atoms with Crippen molar-refractivity contribution in [3.05, 3.63) is 18.6 Å². The summed E-state index contributed by atoms with van der Waals surface area (Å²) >= 11 is 0. The molecule has 2 heterocycles. The van der Waals surface area contributed by atoms with Gasteiger partial charge in [0.25, 0.3) is 0 Å². The third-order valence-electron chi connectivity index (χ3n) is 4.62. The Morgan fingerprint density at radius 2 is 1.95 bits per heavy atom. The molecule has 0 bridgehead atoms. The molecule has 3 rings (SSSR count). The van der Waals surface area contributed by atoms with Crippen molar-refractivity contribution in [3.63, 3.8) is 0 Å². The zero-order valence-corrected chi connectivity index (χ0v) is 13.8. The van der Waals surface area contributed by atoms with Crippen LogP contribution in [0.1, 0.15) is 38.5 Å². The Kier molecular flexibility index (Phi) is 4.93. The van der Waals surface area contributed by atoms with Crippen LogP contribution >= 0.6 is 0 Å². The first kappa shape index (κ1) is 15.3. The lowest BCUT2D eigenvalue weighted by Gasteiger charge is -2.36. The minimum Gasteiger partial charge on any atom is -0.353 e. The van der Waals surface area contributed by atoms with Crippen molar-refractivity contribution in [2.45, 2.75) is 44.6 Å². The molecule has 2 aromatic rings. The summed E-state index contributed by atoms with van der Waals surface area (Å²) in [6, 6.07) is 2.73. The highest BCUT2D eigenvalue weighted by molar-refractivity contribution is 5.87. The molecule has 0 atom stereocenters. The van der Waals surface area contributed by atoms with Gasteiger partial charge in [0, 0.05) is 18.8 Å². The van der Waals surface area contributed by atoms with Crippen LogP contribution in [0.3, 0.4) is 0 Å². The van der Waals surface area contributed by atoms with Crippen molar-refractivity contribution in [2.75, 3.05) is 32.1 Å². The molecule has 1 N–H and O–H groups in total. The number of nitrogens with zero attached hydrogens (tertiary/aromatic N) is 4. The van der Waals surface area contributed by atoms with Gasteiger partial charge in [-0.3, -0.25) is 0 Å². The lowest BCUT2D eigenvalue weighted by atomic mass is 9.94. The minimum atomic E-state index is 0.629. The van der Waals surface area contributed by atoms with Crippen LogP contribution in [0.4, 0.5) is 5.82 Å². The summed E-state index contributed by atoms with van der Waals surface area (Å²) in [6.45, 7) is 2.19. The van der Waals surface area contributed by atoms with E-state index in [1.165, 1.54) is 38.5 Å². The number of fused-ring (bicyclic) bond motifs is 1. The molecule has 0 spiro atoms. The molecule has 2 aromatic heterocycles. The number of H-pyrrole nitrogens is 1. The monoisotopic (exact) mass is 301 g/mol. The predicted octanol–water partition coefficient (Wildman–Crippen LogP) is 3.05. The maximum Gasteiger partial charge on any atom is 0.142 e. The van der Waals surface area contributed by atoms with Crippen molar-refractivity contribution in [1.29, 1.82) is 0 Å². The van der Waals surface area contributed by atoms with E-state index in [1.54, 1.807) is 6.33 Å². The number of nitrogens with one attached hydrogen (secondary N) is 1. The maximum absolute atomic E-state index is 4.63. The molecule has 5 heteroatoms. The van der Waals surface area contributed by atoms with Crippen molar-refractivity contribution < 1.29 is 0 Å². The fourth-order valence-corrected chi connectivity index (χ4v) is 3.50. The summed E-state index contributed by atoms with van der Waals surface area (Å²) in [5, 5.41) is 1.15. The van der Waals surface area contributed by atoms with Gasteiger partial charge in [-0.1, -0.05) is 19.3 Å². The fourth-order valence-electron chi connectivity index (χ4n) is 3.50. The molecule has 0 unspecified atom stereocenters. The van der Waals surface area contributed by atoms with Gasteiger partial charge < -0.3 is 14.8 Å². The molecule has 0 saturated heterocycles. The topological polar surface area (TPSA) is 48.1 Å². The Morgan fingerprint density at radius 3 is 2.73 bits per heavy atom. The molecule has 120 valence electrons. The van der Waals surface area contributed by atoms with Gasteiger partial charge in [0.15, 0.2) is 0 Å². The number of rotatable bonds is 6. The zero-order valence-electron chi connectivity index (χ0n) is 13.8. The van der Waals surface area contributed by atoms with Gasteiger partial charge in [0.1, 0.15) is 17.8 Å². The van der Waals surface area contributed by atoms with Crippen molar-refractivity contribution in [3.8, 4) is 0 Å². The lowest BCUT2D eigenvalue weighted by Crippen LogP contribution is -2.39. The van der Waals surface area contributed by atoms with Crippen LogP contribution in [0.25, 0.3) is 11.0 Å². The van der Waals surface area contributed by atoms with Crippen molar-refractivity contribution in [1.82, 2.24) is 19.9 Å². The number of aromatic amines is 1. The summed E-state index contributed by atoms with van der Waals surface area (Å²) in [5.41, 5.74) is 0.943. The lowest BCUT2D eigenvalue weighted by molar-refractivity contribution is 0.377. The zero-order chi connectivity index (χ0) is 15.4. The molecule has 22 heavy (non-hydrogen) atoms. The van der Waals surface area contributed by atoms with Crippen LogP contribution in [0.15, 0.2) is 18.6 Å². The molecular weight excluding hydrogens is 274 g/mol. The molecular formula is C17H27N5. The second-order valence-electron chi connectivity index (χ2n) is 6.58. The molecule has 0 aromatic carbocycles. The Bertz CT molecular complexity index is 586. The second kappa shape index (κ2) is 7.09. The molecule has 1 aliphatic rings. The van der Waals surface area contributed by atoms with Crippen LogP contribution in [-0.4, -0.2) is 53.1 Å². The smallest absolute Gasteiger partial charge is 0.142 e. The van der Waals surface area contributed by atoms with E-state index < -0.39 is 0 Å². The van der Waals surface area contributed by atoms with Gasteiger partial charge in [0.2, 0.25) is 0 Å². The van der Waals surface area contributed by atoms with Gasteiger partial charge in [-0.2, -0.15) is 0 Å². The van der Waals surface area contributed by atoms with Crippen LogP contribution in [0.5, 0.6) is 0 Å². The van der Waals surface area contributed by atoms with Gasteiger partial charge in [0.05, 0.1) is 5.39 Å². The van der Waals surface area contributed by atoms with E-state index in [1.807, 2.05) is 6.20 Å². The highest BCUT2D eigenvalue weighted by atomic mass is 15.2. The summed E-state index contributed by atoms with van der Waals surface area (Å²) in [4.78, 5) is 17.0. The third-order valence-corrected chi connectivity index (χ3v) is 4.62. The Labute approximate surface area is 132 Å². The van der Waals surface area contributed by atoms with Gasteiger partial charge >= 0.3 is 0 Å². The average Bonchev–Trinajstić information content (AvgIpc) is 3.01. The molecule has 5 nitrogen and oxygen atoms in total. The van der Waals surface area contributed by atoms with E-state index >= 15 is 0 Å². The molecule has 0 amide bonds. The maximum atomic E-state index is 4.63. The van der Waals surface area contributed by atoms with Gasteiger partial charge in [-0.15, -0.1) is 0 Å². The Morgan fingerprint density at radius 1 is 1.14 bits per heavy atom. The van der Waals surface area contributed by atoms with E-state index in [9.17, 15) is 0 Å². The first-order valence-electron chi connectivity index (χ1n) is 8.45. The van der Waals surface area contributed by atoms with Crippen LogP contribution in [-0.2, 0) is 0 Å².